The van der Waals surface area contributed by atoms with Crippen LogP contribution in [0.1, 0.15) is 43.7 Å². The van der Waals surface area contributed by atoms with E-state index in [1.54, 1.807) is 7.05 Å². The number of ether oxygens (including phenoxy) is 1. The first-order valence-corrected chi connectivity index (χ1v) is 7.43. The summed E-state index contributed by atoms with van der Waals surface area (Å²) >= 11 is 6.02. The third-order valence-corrected chi connectivity index (χ3v) is 4.14. The molecule has 2 rings (SSSR count). The first kappa shape index (κ1) is 15.7. The number of nitrogens with one attached hydrogen (secondary N) is 1. The first-order chi connectivity index (χ1) is 9.61. The zero-order valence-corrected chi connectivity index (χ0v) is 12.4. The SMILES string of the molecule is CNC(CCC1CCCCO1)c1cc(F)c(F)cc1Cl. The Morgan fingerprint density at radius 2 is 2.10 bits per heavy atom. The van der Waals surface area contributed by atoms with Gasteiger partial charge in [0.1, 0.15) is 0 Å². The van der Waals surface area contributed by atoms with E-state index in [-0.39, 0.29) is 17.2 Å². The molecule has 0 bridgehead atoms. The van der Waals surface area contributed by atoms with Crippen LogP contribution in [0.4, 0.5) is 8.78 Å². The van der Waals surface area contributed by atoms with Crippen molar-refractivity contribution in [3.8, 4) is 0 Å². The van der Waals surface area contributed by atoms with Crippen LogP contribution in [0.3, 0.4) is 0 Å². The van der Waals surface area contributed by atoms with Gasteiger partial charge in [0, 0.05) is 17.7 Å². The Morgan fingerprint density at radius 3 is 2.75 bits per heavy atom. The van der Waals surface area contributed by atoms with E-state index in [0.717, 1.165) is 38.4 Å². The number of rotatable bonds is 5. The number of benzene rings is 1. The van der Waals surface area contributed by atoms with Gasteiger partial charge in [-0.15, -0.1) is 0 Å². The van der Waals surface area contributed by atoms with Crippen LogP contribution in [-0.4, -0.2) is 19.8 Å². The minimum atomic E-state index is -0.913. The van der Waals surface area contributed by atoms with Crippen LogP contribution in [0.25, 0.3) is 0 Å². The van der Waals surface area contributed by atoms with Gasteiger partial charge in [0.05, 0.1) is 6.10 Å². The summed E-state index contributed by atoms with van der Waals surface area (Å²) in [6, 6.07) is 2.12. The minimum absolute atomic E-state index is 0.0943. The van der Waals surface area contributed by atoms with Gasteiger partial charge in [0.15, 0.2) is 11.6 Å². The second-order valence-electron chi connectivity index (χ2n) is 5.20. The van der Waals surface area contributed by atoms with Crippen molar-refractivity contribution in [2.75, 3.05) is 13.7 Å². The molecule has 1 heterocycles. The fraction of sp³-hybridized carbons (Fsp3) is 0.600. The lowest BCUT2D eigenvalue weighted by atomic mass is 9.97. The highest BCUT2D eigenvalue weighted by atomic mass is 35.5. The number of halogens is 3. The van der Waals surface area contributed by atoms with Crippen LogP contribution in [-0.2, 0) is 4.74 Å². The molecule has 2 unspecified atom stereocenters. The largest absolute Gasteiger partial charge is 0.378 e. The Kier molecular flexibility index (Phi) is 5.75. The lowest BCUT2D eigenvalue weighted by Gasteiger charge is -2.25. The summed E-state index contributed by atoms with van der Waals surface area (Å²) < 4.78 is 32.2. The maximum absolute atomic E-state index is 13.4. The summed E-state index contributed by atoms with van der Waals surface area (Å²) in [4.78, 5) is 0. The van der Waals surface area contributed by atoms with Crippen LogP contribution >= 0.6 is 11.6 Å². The summed E-state index contributed by atoms with van der Waals surface area (Å²) in [6.07, 6.45) is 5.33. The Bertz CT molecular complexity index is 450. The Morgan fingerprint density at radius 1 is 1.35 bits per heavy atom. The van der Waals surface area contributed by atoms with E-state index >= 15 is 0 Å². The van der Waals surface area contributed by atoms with Gasteiger partial charge >= 0.3 is 0 Å². The molecule has 20 heavy (non-hydrogen) atoms. The standard InChI is InChI=1S/C15H20ClF2NO/c1-19-15(6-5-10-4-2-3-7-20-10)11-8-13(17)14(18)9-12(11)16/h8-10,15,19H,2-7H2,1H3. The fourth-order valence-corrected chi connectivity index (χ4v) is 2.93. The van der Waals surface area contributed by atoms with Crippen molar-refractivity contribution in [1.29, 1.82) is 0 Å². The summed E-state index contributed by atoms with van der Waals surface area (Å²) in [7, 11) is 1.80. The molecule has 2 atom stereocenters. The van der Waals surface area contributed by atoms with Crippen molar-refractivity contribution in [3.05, 3.63) is 34.4 Å². The molecular weight excluding hydrogens is 284 g/mol. The van der Waals surface area contributed by atoms with Gasteiger partial charge in [-0.25, -0.2) is 8.78 Å². The summed E-state index contributed by atoms with van der Waals surface area (Å²) in [5.41, 5.74) is 0.601. The topological polar surface area (TPSA) is 21.3 Å². The van der Waals surface area contributed by atoms with E-state index < -0.39 is 11.6 Å². The van der Waals surface area contributed by atoms with Gasteiger partial charge in [-0.1, -0.05) is 11.6 Å². The zero-order valence-electron chi connectivity index (χ0n) is 11.6. The highest BCUT2D eigenvalue weighted by molar-refractivity contribution is 6.31. The van der Waals surface area contributed by atoms with Crippen molar-refractivity contribution in [2.45, 2.75) is 44.2 Å². The Hall–Kier alpha value is -0.710. The molecule has 0 aromatic heterocycles. The van der Waals surface area contributed by atoms with Crippen molar-refractivity contribution in [1.82, 2.24) is 5.32 Å². The molecular formula is C15H20ClF2NO. The molecule has 0 amide bonds. The molecule has 1 aromatic carbocycles. The Balaban J connectivity index is 2.02. The van der Waals surface area contributed by atoms with Crippen molar-refractivity contribution in [3.63, 3.8) is 0 Å². The zero-order chi connectivity index (χ0) is 14.5. The van der Waals surface area contributed by atoms with Crippen molar-refractivity contribution < 1.29 is 13.5 Å². The van der Waals surface area contributed by atoms with Crippen LogP contribution in [0.15, 0.2) is 12.1 Å². The third-order valence-electron chi connectivity index (χ3n) is 3.81. The van der Waals surface area contributed by atoms with Gasteiger partial charge in [-0.2, -0.15) is 0 Å². The molecule has 1 aliphatic rings. The average molecular weight is 304 g/mol. The predicted molar refractivity (Wildman–Crippen MR) is 76.0 cm³/mol. The summed E-state index contributed by atoms with van der Waals surface area (Å²) in [5.74, 6) is -1.78. The maximum Gasteiger partial charge on any atom is 0.160 e. The lowest BCUT2D eigenvalue weighted by molar-refractivity contribution is 0.00866. The molecule has 1 aliphatic heterocycles. The molecule has 1 N–H and O–H groups in total. The molecule has 1 aromatic rings. The second kappa shape index (κ2) is 7.34. The molecule has 1 saturated heterocycles. The van der Waals surface area contributed by atoms with Crippen molar-refractivity contribution >= 4 is 11.6 Å². The smallest absolute Gasteiger partial charge is 0.160 e. The molecule has 5 heteroatoms. The van der Waals surface area contributed by atoms with Gasteiger partial charge in [0.25, 0.3) is 0 Å². The molecule has 1 fully saturated rings. The van der Waals surface area contributed by atoms with E-state index in [1.165, 1.54) is 12.5 Å². The van der Waals surface area contributed by atoms with Gasteiger partial charge in [0.2, 0.25) is 0 Å². The molecule has 0 aliphatic carbocycles. The Labute approximate surface area is 123 Å². The number of hydrogen-bond donors (Lipinski definition) is 1. The first-order valence-electron chi connectivity index (χ1n) is 7.05. The van der Waals surface area contributed by atoms with E-state index in [4.69, 9.17) is 16.3 Å². The van der Waals surface area contributed by atoms with Gasteiger partial charge < -0.3 is 10.1 Å². The maximum atomic E-state index is 13.4. The van der Waals surface area contributed by atoms with Crippen molar-refractivity contribution in [2.24, 2.45) is 0 Å². The molecule has 0 saturated carbocycles. The highest BCUT2D eigenvalue weighted by Gasteiger charge is 2.20. The van der Waals surface area contributed by atoms with E-state index in [2.05, 4.69) is 5.32 Å². The molecule has 0 radical (unpaired) electrons. The quantitative estimate of drug-likeness (QED) is 0.822. The van der Waals surface area contributed by atoms with Gasteiger partial charge in [-0.3, -0.25) is 0 Å². The summed E-state index contributed by atoms with van der Waals surface area (Å²) in [6.45, 7) is 0.820. The van der Waals surface area contributed by atoms with E-state index in [9.17, 15) is 8.78 Å². The molecule has 2 nitrogen and oxygen atoms in total. The normalized spacial score (nSPS) is 20.9. The molecule has 0 spiro atoms. The predicted octanol–water partition coefficient (Wildman–Crippen LogP) is 4.23. The van der Waals surface area contributed by atoms with Crippen LogP contribution in [0.2, 0.25) is 5.02 Å². The second-order valence-corrected chi connectivity index (χ2v) is 5.60. The fourth-order valence-electron chi connectivity index (χ4n) is 2.65. The van der Waals surface area contributed by atoms with E-state index in [0.29, 0.717) is 5.56 Å². The highest BCUT2D eigenvalue weighted by Crippen LogP contribution is 2.30. The van der Waals surface area contributed by atoms with Crippen LogP contribution in [0, 0.1) is 11.6 Å². The lowest BCUT2D eigenvalue weighted by Crippen LogP contribution is -2.23. The average Bonchev–Trinajstić information content (AvgIpc) is 2.46. The minimum Gasteiger partial charge on any atom is -0.378 e. The summed E-state index contributed by atoms with van der Waals surface area (Å²) in [5, 5.41) is 3.37. The van der Waals surface area contributed by atoms with E-state index in [1.807, 2.05) is 0 Å². The molecule has 112 valence electrons. The number of hydrogen-bond acceptors (Lipinski definition) is 2. The monoisotopic (exact) mass is 303 g/mol. The van der Waals surface area contributed by atoms with Crippen LogP contribution in [0.5, 0.6) is 0 Å². The van der Waals surface area contributed by atoms with Crippen LogP contribution < -0.4 is 5.32 Å². The third kappa shape index (κ3) is 3.90. The van der Waals surface area contributed by atoms with Gasteiger partial charge in [-0.05, 0) is 56.8 Å².